The summed E-state index contributed by atoms with van der Waals surface area (Å²) < 4.78 is 0. The second kappa shape index (κ2) is 7.61. The van der Waals surface area contributed by atoms with Crippen LogP contribution in [0, 0.1) is 12.3 Å². The number of hydrogen-bond donors (Lipinski definition) is 3. The van der Waals surface area contributed by atoms with Crippen LogP contribution >= 0.6 is 0 Å². The Morgan fingerprint density at radius 3 is 2.57 bits per heavy atom. The largest absolute Gasteiger partial charge is 0.481 e. The standard InChI is InChI=1S/C15H23N3O3/c1-11-4-5-12(10-17-11)18-14(21)16-9-8-15(2,3)7-6-13(19)20/h4-5,10H,6-9H2,1-3H3,(H,19,20)(H2,16,18,21). The summed E-state index contributed by atoms with van der Waals surface area (Å²) in [7, 11) is 0. The van der Waals surface area contributed by atoms with Crippen molar-refractivity contribution in [3.05, 3.63) is 24.0 Å². The molecule has 2 amide bonds. The van der Waals surface area contributed by atoms with E-state index >= 15 is 0 Å². The minimum absolute atomic E-state index is 0.114. The van der Waals surface area contributed by atoms with Crippen LogP contribution in [0.3, 0.4) is 0 Å². The van der Waals surface area contributed by atoms with E-state index in [0.717, 1.165) is 12.1 Å². The summed E-state index contributed by atoms with van der Waals surface area (Å²) in [5, 5.41) is 14.2. The number of amides is 2. The highest BCUT2D eigenvalue weighted by atomic mass is 16.4. The number of carbonyl (C=O) groups excluding carboxylic acids is 1. The first-order valence-corrected chi connectivity index (χ1v) is 6.98. The molecule has 1 aromatic heterocycles. The Balaban J connectivity index is 2.29. The fourth-order valence-corrected chi connectivity index (χ4v) is 1.80. The number of anilines is 1. The lowest BCUT2D eigenvalue weighted by atomic mass is 9.84. The van der Waals surface area contributed by atoms with Crippen molar-refractivity contribution in [1.82, 2.24) is 10.3 Å². The van der Waals surface area contributed by atoms with Crippen LogP contribution in [0.5, 0.6) is 0 Å². The van der Waals surface area contributed by atoms with Crippen molar-refractivity contribution >= 4 is 17.7 Å². The molecule has 0 saturated heterocycles. The fourth-order valence-electron chi connectivity index (χ4n) is 1.80. The number of pyridine rings is 1. The van der Waals surface area contributed by atoms with Crippen LogP contribution < -0.4 is 10.6 Å². The quantitative estimate of drug-likeness (QED) is 0.721. The van der Waals surface area contributed by atoms with Gasteiger partial charge in [-0.2, -0.15) is 0 Å². The number of nitrogens with zero attached hydrogens (tertiary/aromatic N) is 1. The van der Waals surface area contributed by atoms with Crippen molar-refractivity contribution in [1.29, 1.82) is 0 Å². The average Bonchev–Trinajstić information content (AvgIpc) is 2.39. The molecule has 0 aliphatic heterocycles. The Hall–Kier alpha value is -2.11. The van der Waals surface area contributed by atoms with E-state index in [1.165, 1.54) is 0 Å². The molecular weight excluding hydrogens is 270 g/mol. The number of carboxylic acid groups (broad SMARTS) is 1. The molecule has 1 heterocycles. The van der Waals surface area contributed by atoms with Gasteiger partial charge in [-0.3, -0.25) is 9.78 Å². The SMILES string of the molecule is Cc1ccc(NC(=O)NCCC(C)(C)CCC(=O)O)cn1. The first-order chi connectivity index (χ1) is 9.78. The van der Waals surface area contributed by atoms with Crippen LogP contribution in [0.1, 0.15) is 38.8 Å². The van der Waals surface area contributed by atoms with Crippen LogP contribution in [0.15, 0.2) is 18.3 Å². The maximum atomic E-state index is 11.7. The normalized spacial score (nSPS) is 11.0. The Kier molecular flexibility index (Phi) is 6.14. The molecule has 0 fully saturated rings. The molecule has 0 aliphatic rings. The van der Waals surface area contributed by atoms with Crippen LogP contribution in [-0.4, -0.2) is 28.6 Å². The highest BCUT2D eigenvalue weighted by Crippen LogP contribution is 2.25. The Morgan fingerprint density at radius 2 is 2.00 bits per heavy atom. The number of aromatic nitrogens is 1. The zero-order valence-corrected chi connectivity index (χ0v) is 12.8. The highest BCUT2D eigenvalue weighted by Gasteiger charge is 2.19. The second-order valence-corrected chi connectivity index (χ2v) is 5.88. The number of urea groups is 1. The lowest BCUT2D eigenvalue weighted by molar-refractivity contribution is -0.137. The van der Waals surface area contributed by atoms with Crippen molar-refractivity contribution in [2.45, 2.75) is 40.0 Å². The molecule has 21 heavy (non-hydrogen) atoms. The molecule has 0 spiro atoms. The summed E-state index contributed by atoms with van der Waals surface area (Å²) in [5.41, 5.74) is 1.42. The number of carbonyl (C=O) groups is 2. The number of aryl methyl sites for hydroxylation is 1. The third-order valence-electron chi connectivity index (χ3n) is 3.27. The molecular formula is C15H23N3O3. The summed E-state index contributed by atoms with van der Waals surface area (Å²) in [6, 6.07) is 3.33. The van der Waals surface area contributed by atoms with Gasteiger partial charge in [-0.15, -0.1) is 0 Å². The van der Waals surface area contributed by atoms with Crippen molar-refractivity contribution in [3.63, 3.8) is 0 Å². The third kappa shape index (κ3) is 7.29. The first kappa shape index (κ1) is 16.9. The van der Waals surface area contributed by atoms with E-state index in [2.05, 4.69) is 15.6 Å². The molecule has 3 N–H and O–H groups in total. The maximum Gasteiger partial charge on any atom is 0.319 e. The van der Waals surface area contributed by atoms with E-state index in [0.29, 0.717) is 18.7 Å². The van der Waals surface area contributed by atoms with Crippen molar-refractivity contribution < 1.29 is 14.7 Å². The third-order valence-corrected chi connectivity index (χ3v) is 3.27. The minimum Gasteiger partial charge on any atom is -0.481 e. The molecule has 0 bridgehead atoms. The highest BCUT2D eigenvalue weighted by molar-refractivity contribution is 5.88. The van der Waals surface area contributed by atoms with E-state index in [1.54, 1.807) is 12.3 Å². The van der Waals surface area contributed by atoms with Crippen LogP contribution in [0.4, 0.5) is 10.5 Å². The summed E-state index contributed by atoms with van der Waals surface area (Å²) in [4.78, 5) is 26.4. The zero-order valence-electron chi connectivity index (χ0n) is 12.8. The summed E-state index contributed by atoms with van der Waals surface area (Å²) >= 11 is 0. The Morgan fingerprint density at radius 1 is 1.29 bits per heavy atom. The molecule has 6 nitrogen and oxygen atoms in total. The van der Waals surface area contributed by atoms with Gasteiger partial charge in [0.25, 0.3) is 0 Å². The average molecular weight is 293 g/mol. The number of rotatable bonds is 7. The van der Waals surface area contributed by atoms with Crippen LogP contribution in [0.25, 0.3) is 0 Å². The predicted molar refractivity (Wildman–Crippen MR) is 81.3 cm³/mol. The van der Waals surface area contributed by atoms with Gasteiger partial charge < -0.3 is 15.7 Å². The van der Waals surface area contributed by atoms with Gasteiger partial charge in [0, 0.05) is 18.7 Å². The van der Waals surface area contributed by atoms with Crippen molar-refractivity contribution in [3.8, 4) is 0 Å². The molecule has 6 heteroatoms. The molecule has 0 saturated carbocycles. The fraction of sp³-hybridized carbons (Fsp3) is 0.533. The van der Waals surface area contributed by atoms with E-state index in [1.807, 2.05) is 26.8 Å². The first-order valence-electron chi connectivity index (χ1n) is 6.98. The van der Waals surface area contributed by atoms with Gasteiger partial charge >= 0.3 is 12.0 Å². The van der Waals surface area contributed by atoms with Gasteiger partial charge in [0.05, 0.1) is 11.9 Å². The van der Waals surface area contributed by atoms with Crippen molar-refractivity contribution in [2.75, 3.05) is 11.9 Å². The summed E-state index contributed by atoms with van der Waals surface area (Å²) in [6.45, 7) is 6.37. The van der Waals surface area contributed by atoms with E-state index in [-0.39, 0.29) is 17.9 Å². The molecule has 0 radical (unpaired) electrons. The number of hydrogen-bond acceptors (Lipinski definition) is 3. The Labute approximate surface area is 125 Å². The Bertz CT molecular complexity index is 483. The molecule has 0 atom stereocenters. The van der Waals surface area contributed by atoms with Gasteiger partial charge in [0.2, 0.25) is 0 Å². The zero-order chi connectivity index (χ0) is 15.9. The molecule has 0 unspecified atom stereocenters. The van der Waals surface area contributed by atoms with Gasteiger partial charge in [0.1, 0.15) is 0 Å². The second-order valence-electron chi connectivity index (χ2n) is 5.88. The predicted octanol–water partition coefficient (Wildman–Crippen LogP) is 2.79. The van der Waals surface area contributed by atoms with Gasteiger partial charge in [0.15, 0.2) is 0 Å². The lowest BCUT2D eigenvalue weighted by Crippen LogP contribution is -2.32. The molecule has 1 rings (SSSR count). The topological polar surface area (TPSA) is 91.3 Å². The van der Waals surface area contributed by atoms with E-state index < -0.39 is 5.97 Å². The van der Waals surface area contributed by atoms with Gasteiger partial charge in [-0.1, -0.05) is 13.8 Å². The smallest absolute Gasteiger partial charge is 0.319 e. The molecule has 0 aromatic carbocycles. The minimum atomic E-state index is -0.791. The summed E-state index contributed by atoms with van der Waals surface area (Å²) in [5.74, 6) is -0.791. The number of aliphatic carboxylic acids is 1. The molecule has 0 aliphatic carbocycles. The monoisotopic (exact) mass is 293 g/mol. The van der Waals surface area contributed by atoms with Crippen molar-refractivity contribution in [2.24, 2.45) is 5.41 Å². The van der Waals surface area contributed by atoms with E-state index in [9.17, 15) is 9.59 Å². The maximum absolute atomic E-state index is 11.7. The number of nitrogens with one attached hydrogen (secondary N) is 2. The molecule has 1 aromatic rings. The van der Waals surface area contributed by atoms with E-state index in [4.69, 9.17) is 5.11 Å². The molecule has 116 valence electrons. The number of carboxylic acids is 1. The van der Waals surface area contributed by atoms with Crippen LogP contribution in [-0.2, 0) is 4.79 Å². The summed E-state index contributed by atoms with van der Waals surface area (Å²) in [6.07, 6.45) is 3.06. The van der Waals surface area contributed by atoms with Crippen LogP contribution in [0.2, 0.25) is 0 Å². The van der Waals surface area contributed by atoms with Gasteiger partial charge in [-0.25, -0.2) is 4.79 Å². The van der Waals surface area contributed by atoms with Gasteiger partial charge in [-0.05, 0) is 37.3 Å². The lowest BCUT2D eigenvalue weighted by Gasteiger charge is -2.23.